The Morgan fingerprint density at radius 1 is 1.50 bits per heavy atom. The molecule has 0 bridgehead atoms. The van der Waals surface area contributed by atoms with Crippen molar-refractivity contribution in [2.24, 2.45) is 5.73 Å². The molecule has 2 N–H and O–H groups in total. The molecule has 1 amide bonds. The summed E-state index contributed by atoms with van der Waals surface area (Å²) in [6, 6.07) is -0.454. The van der Waals surface area contributed by atoms with E-state index in [-0.39, 0.29) is 5.91 Å². The standard InChI is InChI=1S/C9H16N2O/c1-4-6-11(7-5-2)9(12)8(3)10/h4-5,8H,1-2,6-7,10H2,3H3/t8-/m0/s1. The minimum Gasteiger partial charge on any atom is -0.334 e. The molecule has 0 unspecified atom stereocenters. The monoisotopic (exact) mass is 168 g/mol. The molecule has 68 valence electrons. The Balaban J connectivity index is 4.17. The van der Waals surface area contributed by atoms with Gasteiger partial charge in [-0.2, -0.15) is 0 Å². The molecule has 0 aliphatic carbocycles. The normalized spacial score (nSPS) is 11.8. The maximum Gasteiger partial charge on any atom is 0.239 e. The lowest BCUT2D eigenvalue weighted by Crippen LogP contribution is -2.42. The maximum atomic E-state index is 11.3. The van der Waals surface area contributed by atoms with Gasteiger partial charge in [0.05, 0.1) is 6.04 Å². The van der Waals surface area contributed by atoms with E-state index < -0.39 is 6.04 Å². The topological polar surface area (TPSA) is 46.3 Å². The van der Waals surface area contributed by atoms with Gasteiger partial charge in [-0.1, -0.05) is 12.2 Å². The molecule has 0 saturated carbocycles. The van der Waals surface area contributed by atoms with Gasteiger partial charge in [0.25, 0.3) is 0 Å². The summed E-state index contributed by atoms with van der Waals surface area (Å²) in [6.45, 7) is 9.82. The Bertz CT molecular complexity index is 165. The molecule has 3 heteroatoms. The molecule has 0 rings (SSSR count). The van der Waals surface area contributed by atoms with E-state index in [1.807, 2.05) is 0 Å². The van der Waals surface area contributed by atoms with Crippen LogP contribution in [0.25, 0.3) is 0 Å². The Morgan fingerprint density at radius 3 is 2.17 bits per heavy atom. The average Bonchev–Trinajstić information content (AvgIpc) is 2.03. The molecule has 0 aromatic heterocycles. The molecule has 1 atom stereocenters. The second kappa shape index (κ2) is 5.55. The van der Waals surface area contributed by atoms with Gasteiger partial charge in [-0.15, -0.1) is 13.2 Å². The first-order valence-electron chi connectivity index (χ1n) is 3.89. The fourth-order valence-electron chi connectivity index (χ4n) is 0.854. The summed E-state index contributed by atoms with van der Waals surface area (Å²) >= 11 is 0. The molecule has 0 aliphatic heterocycles. The molecule has 0 radical (unpaired) electrons. The summed E-state index contributed by atoms with van der Waals surface area (Å²) < 4.78 is 0. The van der Waals surface area contributed by atoms with Gasteiger partial charge in [-0.05, 0) is 6.92 Å². The van der Waals surface area contributed by atoms with Crippen LogP contribution in [0, 0.1) is 0 Å². The number of carbonyl (C=O) groups excluding carboxylic acids is 1. The smallest absolute Gasteiger partial charge is 0.239 e. The number of amides is 1. The van der Waals surface area contributed by atoms with Crippen LogP contribution >= 0.6 is 0 Å². The molecule has 0 aromatic carbocycles. The quantitative estimate of drug-likeness (QED) is 0.609. The highest BCUT2D eigenvalue weighted by Gasteiger charge is 2.13. The van der Waals surface area contributed by atoms with Crippen molar-refractivity contribution in [3.05, 3.63) is 25.3 Å². The third kappa shape index (κ3) is 3.34. The summed E-state index contributed by atoms with van der Waals surface area (Å²) in [5.74, 6) is -0.0743. The largest absolute Gasteiger partial charge is 0.334 e. The highest BCUT2D eigenvalue weighted by atomic mass is 16.2. The Hall–Kier alpha value is -1.09. The Labute approximate surface area is 73.5 Å². The number of carbonyl (C=O) groups is 1. The molecular formula is C9H16N2O. The lowest BCUT2D eigenvalue weighted by atomic mass is 10.3. The van der Waals surface area contributed by atoms with Crippen LogP contribution in [0.1, 0.15) is 6.92 Å². The van der Waals surface area contributed by atoms with Crippen LogP contribution in [-0.2, 0) is 4.79 Å². The van der Waals surface area contributed by atoms with Gasteiger partial charge in [-0.3, -0.25) is 4.79 Å². The third-order valence-corrected chi connectivity index (χ3v) is 1.40. The van der Waals surface area contributed by atoms with Crippen LogP contribution in [0.2, 0.25) is 0 Å². The number of nitrogens with two attached hydrogens (primary N) is 1. The summed E-state index contributed by atoms with van der Waals surface area (Å²) in [5.41, 5.74) is 5.44. The first-order valence-corrected chi connectivity index (χ1v) is 3.89. The van der Waals surface area contributed by atoms with Gasteiger partial charge >= 0.3 is 0 Å². The third-order valence-electron chi connectivity index (χ3n) is 1.40. The van der Waals surface area contributed by atoms with Crippen molar-refractivity contribution in [1.29, 1.82) is 0 Å². The lowest BCUT2D eigenvalue weighted by molar-refractivity contribution is -0.131. The van der Waals surface area contributed by atoms with Crippen LogP contribution in [0.4, 0.5) is 0 Å². The highest BCUT2D eigenvalue weighted by molar-refractivity contribution is 5.81. The van der Waals surface area contributed by atoms with Crippen molar-refractivity contribution in [1.82, 2.24) is 4.90 Å². The first-order chi connectivity index (χ1) is 5.63. The molecule has 0 heterocycles. The van der Waals surface area contributed by atoms with Gasteiger partial charge in [0.1, 0.15) is 0 Å². The van der Waals surface area contributed by atoms with Gasteiger partial charge < -0.3 is 10.6 Å². The predicted molar refractivity (Wildman–Crippen MR) is 50.6 cm³/mol. The fraction of sp³-hybridized carbons (Fsp3) is 0.444. The van der Waals surface area contributed by atoms with Crippen LogP contribution in [0.5, 0.6) is 0 Å². The zero-order valence-corrected chi connectivity index (χ0v) is 7.49. The SMILES string of the molecule is C=CCN(CC=C)C(=O)[C@H](C)N. The van der Waals surface area contributed by atoms with Crippen LogP contribution < -0.4 is 5.73 Å². The van der Waals surface area contributed by atoms with Crippen molar-refractivity contribution >= 4 is 5.91 Å². The van der Waals surface area contributed by atoms with Crippen molar-refractivity contribution in [3.63, 3.8) is 0 Å². The molecule has 0 aliphatic rings. The van der Waals surface area contributed by atoms with Gasteiger partial charge in [-0.25, -0.2) is 0 Å². The van der Waals surface area contributed by atoms with E-state index in [1.54, 1.807) is 24.0 Å². The first kappa shape index (κ1) is 10.9. The van der Waals surface area contributed by atoms with Gasteiger partial charge in [0.15, 0.2) is 0 Å². The van der Waals surface area contributed by atoms with E-state index in [9.17, 15) is 4.79 Å². The minimum absolute atomic E-state index is 0.0743. The van der Waals surface area contributed by atoms with Crippen LogP contribution in [0.15, 0.2) is 25.3 Å². The van der Waals surface area contributed by atoms with Gasteiger partial charge in [0.2, 0.25) is 5.91 Å². The predicted octanol–water partition coefficient (Wildman–Crippen LogP) is 0.534. The molecule has 3 nitrogen and oxygen atoms in total. The Kier molecular flexibility index (Phi) is 5.04. The average molecular weight is 168 g/mol. The lowest BCUT2D eigenvalue weighted by Gasteiger charge is -2.20. The van der Waals surface area contributed by atoms with Crippen molar-refractivity contribution in [3.8, 4) is 0 Å². The van der Waals surface area contributed by atoms with E-state index >= 15 is 0 Å². The number of hydrogen-bond donors (Lipinski definition) is 1. The fourth-order valence-corrected chi connectivity index (χ4v) is 0.854. The molecule has 0 saturated heterocycles. The van der Waals surface area contributed by atoms with Crippen molar-refractivity contribution < 1.29 is 4.79 Å². The number of nitrogens with zero attached hydrogens (tertiary/aromatic N) is 1. The molecular weight excluding hydrogens is 152 g/mol. The molecule has 12 heavy (non-hydrogen) atoms. The van der Waals surface area contributed by atoms with Crippen LogP contribution in [-0.4, -0.2) is 29.9 Å². The molecule has 0 aromatic rings. The summed E-state index contributed by atoms with van der Waals surface area (Å²) in [5, 5.41) is 0. The zero-order chi connectivity index (χ0) is 9.56. The van der Waals surface area contributed by atoms with E-state index in [2.05, 4.69) is 13.2 Å². The van der Waals surface area contributed by atoms with Crippen LogP contribution in [0.3, 0.4) is 0 Å². The second-order valence-electron chi connectivity index (χ2n) is 2.61. The number of rotatable bonds is 5. The summed E-state index contributed by atoms with van der Waals surface area (Å²) in [7, 11) is 0. The van der Waals surface area contributed by atoms with E-state index in [1.165, 1.54) is 0 Å². The highest BCUT2D eigenvalue weighted by Crippen LogP contribution is 1.93. The zero-order valence-electron chi connectivity index (χ0n) is 7.49. The van der Waals surface area contributed by atoms with E-state index in [0.717, 1.165) is 0 Å². The number of hydrogen-bond acceptors (Lipinski definition) is 2. The second-order valence-corrected chi connectivity index (χ2v) is 2.61. The summed E-state index contributed by atoms with van der Waals surface area (Å²) in [4.78, 5) is 12.9. The van der Waals surface area contributed by atoms with Gasteiger partial charge in [0, 0.05) is 13.1 Å². The Morgan fingerprint density at radius 2 is 1.92 bits per heavy atom. The van der Waals surface area contributed by atoms with Crippen molar-refractivity contribution in [2.75, 3.05) is 13.1 Å². The maximum absolute atomic E-state index is 11.3. The molecule has 0 spiro atoms. The minimum atomic E-state index is -0.454. The van der Waals surface area contributed by atoms with Crippen molar-refractivity contribution in [2.45, 2.75) is 13.0 Å². The van der Waals surface area contributed by atoms with E-state index in [0.29, 0.717) is 13.1 Å². The molecule has 0 fully saturated rings. The van der Waals surface area contributed by atoms with E-state index in [4.69, 9.17) is 5.73 Å². The summed E-state index contributed by atoms with van der Waals surface area (Å²) in [6.07, 6.45) is 3.34.